The number of nitrogens with one attached hydrogen (secondary N) is 1. The summed E-state index contributed by atoms with van der Waals surface area (Å²) in [6.07, 6.45) is -2.45. The minimum atomic E-state index is -4.56. The molecule has 1 atom stereocenters. The number of carboxylic acid groups (broad SMARTS) is 1. The molecule has 0 aromatic heterocycles. The zero-order chi connectivity index (χ0) is 16.0. The van der Waals surface area contributed by atoms with Gasteiger partial charge in [-0.1, -0.05) is 0 Å². The average molecular weight is 325 g/mol. The Morgan fingerprint density at radius 2 is 2.10 bits per heavy atom. The molecule has 3 nitrogen and oxygen atoms in total. The van der Waals surface area contributed by atoms with Gasteiger partial charge < -0.3 is 10.4 Å². The van der Waals surface area contributed by atoms with E-state index in [2.05, 4.69) is 5.32 Å². The molecule has 1 rings (SSSR count). The van der Waals surface area contributed by atoms with Gasteiger partial charge in [-0.25, -0.2) is 4.39 Å². The van der Waals surface area contributed by atoms with Crippen molar-refractivity contribution in [1.82, 2.24) is 5.32 Å². The molecule has 0 bridgehead atoms. The van der Waals surface area contributed by atoms with Gasteiger partial charge in [0.15, 0.2) is 0 Å². The largest absolute Gasteiger partial charge is 0.480 e. The lowest BCUT2D eigenvalue weighted by atomic mass is 10.1. The molecule has 2 N–H and O–H groups in total. The molecular weight excluding hydrogens is 310 g/mol. The highest BCUT2D eigenvalue weighted by Crippen LogP contribution is 2.30. The number of hydrogen-bond donors (Lipinski definition) is 2. The second kappa shape index (κ2) is 7.65. The second-order valence-electron chi connectivity index (χ2n) is 4.36. The van der Waals surface area contributed by atoms with E-state index in [4.69, 9.17) is 5.11 Å². The van der Waals surface area contributed by atoms with E-state index in [1.54, 1.807) is 0 Å². The van der Waals surface area contributed by atoms with Crippen molar-refractivity contribution < 1.29 is 27.5 Å². The summed E-state index contributed by atoms with van der Waals surface area (Å²) in [6, 6.07) is 1.15. The van der Waals surface area contributed by atoms with Crippen LogP contribution in [0.5, 0.6) is 0 Å². The molecule has 0 radical (unpaired) electrons. The van der Waals surface area contributed by atoms with Gasteiger partial charge >= 0.3 is 12.1 Å². The monoisotopic (exact) mass is 325 g/mol. The Hall–Kier alpha value is -1.28. The fourth-order valence-corrected chi connectivity index (χ4v) is 2.14. The van der Waals surface area contributed by atoms with Gasteiger partial charge in [0.1, 0.15) is 11.9 Å². The summed E-state index contributed by atoms with van der Waals surface area (Å²) >= 11 is 1.45. The summed E-state index contributed by atoms with van der Waals surface area (Å²) in [7, 11) is 0. The van der Waals surface area contributed by atoms with Crippen molar-refractivity contribution in [2.75, 3.05) is 12.0 Å². The maximum absolute atomic E-state index is 13.5. The Kier molecular flexibility index (Phi) is 6.47. The molecule has 0 fully saturated rings. The Balaban J connectivity index is 2.79. The molecule has 1 aromatic carbocycles. The van der Waals surface area contributed by atoms with Crippen LogP contribution >= 0.6 is 11.8 Å². The van der Waals surface area contributed by atoms with E-state index in [-0.39, 0.29) is 12.1 Å². The van der Waals surface area contributed by atoms with Gasteiger partial charge in [0.2, 0.25) is 0 Å². The number of carboxylic acids is 1. The lowest BCUT2D eigenvalue weighted by Crippen LogP contribution is -2.36. The third-order valence-electron chi connectivity index (χ3n) is 2.82. The third-order valence-corrected chi connectivity index (χ3v) is 3.46. The van der Waals surface area contributed by atoms with Crippen molar-refractivity contribution in [2.45, 2.75) is 25.2 Å². The maximum Gasteiger partial charge on any atom is 0.416 e. The van der Waals surface area contributed by atoms with Crippen LogP contribution in [0.2, 0.25) is 0 Å². The first-order valence-electron chi connectivity index (χ1n) is 6.06. The Morgan fingerprint density at radius 1 is 1.43 bits per heavy atom. The van der Waals surface area contributed by atoms with Crippen molar-refractivity contribution >= 4 is 17.7 Å². The number of rotatable bonds is 7. The molecule has 0 aliphatic heterocycles. The minimum Gasteiger partial charge on any atom is -0.480 e. The predicted octanol–water partition coefficient (Wildman–Crippen LogP) is 3.14. The first-order chi connectivity index (χ1) is 9.75. The second-order valence-corrected chi connectivity index (χ2v) is 5.34. The molecular formula is C13H15F4NO2S. The summed E-state index contributed by atoms with van der Waals surface area (Å²) in [5, 5.41) is 11.6. The Bertz CT molecular complexity index is 494. The van der Waals surface area contributed by atoms with Gasteiger partial charge in [-0.15, -0.1) is 0 Å². The van der Waals surface area contributed by atoms with Crippen LogP contribution < -0.4 is 5.32 Å². The Morgan fingerprint density at radius 3 is 2.62 bits per heavy atom. The first kappa shape index (κ1) is 17.8. The van der Waals surface area contributed by atoms with Crippen LogP contribution in [-0.2, 0) is 17.5 Å². The predicted molar refractivity (Wildman–Crippen MR) is 72.7 cm³/mol. The standard InChI is InChI=1S/C13H15F4NO2S/c1-21-5-4-11(12(19)20)18-7-8-6-9(13(15,16)17)2-3-10(8)14/h2-3,6,11,18H,4-5,7H2,1H3,(H,19,20). The zero-order valence-corrected chi connectivity index (χ0v) is 12.0. The summed E-state index contributed by atoms with van der Waals surface area (Å²) in [5.41, 5.74) is -1.17. The summed E-state index contributed by atoms with van der Waals surface area (Å²) < 4.78 is 51.2. The number of carbonyl (C=O) groups is 1. The van der Waals surface area contributed by atoms with E-state index in [9.17, 15) is 22.4 Å². The molecule has 0 aliphatic rings. The van der Waals surface area contributed by atoms with Gasteiger partial charge in [0.05, 0.1) is 5.56 Å². The van der Waals surface area contributed by atoms with Crippen molar-refractivity contribution in [1.29, 1.82) is 0 Å². The Labute approximate surface area is 123 Å². The highest BCUT2D eigenvalue weighted by atomic mass is 32.2. The minimum absolute atomic E-state index is 0.208. The van der Waals surface area contributed by atoms with Crippen LogP contribution in [0.4, 0.5) is 17.6 Å². The summed E-state index contributed by atoms with van der Waals surface area (Å²) in [5.74, 6) is -1.34. The normalized spacial score (nSPS) is 13.2. The molecule has 0 heterocycles. The highest BCUT2D eigenvalue weighted by molar-refractivity contribution is 7.98. The van der Waals surface area contributed by atoms with Gasteiger partial charge in [-0.05, 0) is 36.6 Å². The molecule has 0 aliphatic carbocycles. The van der Waals surface area contributed by atoms with Crippen LogP contribution in [0.25, 0.3) is 0 Å². The molecule has 1 aromatic rings. The van der Waals surface area contributed by atoms with Crippen LogP contribution in [0.15, 0.2) is 18.2 Å². The number of thioether (sulfide) groups is 1. The number of hydrogen-bond acceptors (Lipinski definition) is 3. The molecule has 0 saturated heterocycles. The van der Waals surface area contributed by atoms with E-state index in [1.807, 2.05) is 6.26 Å². The summed E-state index contributed by atoms with van der Waals surface area (Å²) in [4.78, 5) is 11.0. The van der Waals surface area contributed by atoms with Gasteiger partial charge in [-0.2, -0.15) is 24.9 Å². The topological polar surface area (TPSA) is 49.3 Å². The first-order valence-corrected chi connectivity index (χ1v) is 7.46. The lowest BCUT2D eigenvalue weighted by Gasteiger charge is -2.15. The van der Waals surface area contributed by atoms with E-state index in [0.29, 0.717) is 24.3 Å². The van der Waals surface area contributed by atoms with Crippen molar-refractivity contribution in [3.63, 3.8) is 0 Å². The fourth-order valence-electron chi connectivity index (χ4n) is 1.67. The van der Waals surface area contributed by atoms with Crippen molar-refractivity contribution in [3.8, 4) is 0 Å². The lowest BCUT2D eigenvalue weighted by molar-refractivity contribution is -0.140. The molecule has 0 spiro atoms. The summed E-state index contributed by atoms with van der Waals surface area (Å²) in [6.45, 7) is -0.277. The molecule has 8 heteroatoms. The molecule has 21 heavy (non-hydrogen) atoms. The van der Waals surface area contributed by atoms with E-state index < -0.39 is 29.6 Å². The smallest absolute Gasteiger partial charge is 0.416 e. The van der Waals surface area contributed by atoms with Crippen LogP contribution in [0.3, 0.4) is 0 Å². The van der Waals surface area contributed by atoms with Crippen LogP contribution in [0, 0.1) is 5.82 Å². The van der Waals surface area contributed by atoms with Crippen molar-refractivity contribution in [3.05, 3.63) is 35.1 Å². The molecule has 1 unspecified atom stereocenters. The number of benzene rings is 1. The molecule has 0 saturated carbocycles. The van der Waals surface area contributed by atoms with Crippen LogP contribution in [0.1, 0.15) is 17.5 Å². The van der Waals surface area contributed by atoms with E-state index in [1.165, 1.54) is 11.8 Å². The number of aliphatic carboxylic acids is 1. The zero-order valence-electron chi connectivity index (χ0n) is 11.2. The van der Waals surface area contributed by atoms with Gasteiger partial charge in [0.25, 0.3) is 0 Å². The quantitative estimate of drug-likeness (QED) is 0.756. The average Bonchev–Trinajstić information content (AvgIpc) is 2.38. The molecule has 0 amide bonds. The van der Waals surface area contributed by atoms with E-state index in [0.717, 1.165) is 6.07 Å². The molecule has 118 valence electrons. The fraction of sp³-hybridized carbons (Fsp3) is 0.462. The van der Waals surface area contributed by atoms with E-state index >= 15 is 0 Å². The third kappa shape index (κ3) is 5.55. The van der Waals surface area contributed by atoms with Gasteiger partial charge in [-0.3, -0.25) is 4.79 Å². The van der Waals surface area contributed by atoms with Crippen LogP contribution in [-0.4, -0.2) is 29.1 Å². The maximum atomic E-state index is 13.5. The number of halogens is 4. The highest BCUT2D eigenvalue weighted by Gasteiger charge is 2.31. The van der Waals surface area contributed by atoms with Crippen molar-refractivity contribution in [2.24, 2.45) is 0 Å². The SMILES string of the molecule is CSCCC(NCc1cc(C(F)(F)F)ccc1F)C(=O)O. The number of alkyl halides is 3. The van der Waals surface area contributed by atoms with Gasteiger partial charge in [0, 0.05) is 12.1 Å².